The molecule has 4 nitrogen and oxygen atoms in total. The third-order valence-corrected chi connectivity index (χ3v) is 6.79. The van der Waals surface area contributed by atoms with Gasteiger partial charge in [-0.1, -0.05) is 22.9 Å². The number of aliphatic hydroxyl groups is 1. The highest BCUT2D eigenvalue weighted by Crippen LogP contribution is 2.44. The van der Waals surface area contributed by atoms with Crippen molar-refractivity contribution in [2.24, 2.45) is 11.8 Å². The zero-order valence-corrected chi connectivity index (χ0v) is 16.3. The van der Waals surface area contributed by atoms with Crippen molar-refractivity contribution < 1.29 is 9.84 Å². The summed E-state index contributed by atoms with van der Waals surface area (Å²) in [5, 5.41) is 12.2. The van der Waals surface area contributed by atoms with Crippen LogP contribution < -0.4 is 4.74 Å². The lowest BCUT2D eigenvalue weighted by Gasteiger charge is -2.52. The molecule has 134 valence electrons. The lowest BCUT2D eigenvalue weighted by molar-refractivity contribution is -0.0544. The van der Waals surface area contributed by atoms with Crippen molar-refractivity contribution in [3.63, 3.8) is 0 Å². The SMILES string of the molecule is COc1ccc2nccc(C(O)C3CC4CCN3C[C@@H]4C(C)Br)c2c1. The Morgan fingerprint density at radius 2 is 2.20 bits per heavy atom. The molecule has 3 fully saturated rings. The van der Waals surface area contributed by atoms with Gasteiger partial charge in [0.1, 0.15) is 5.75 Å². The van der Waals surface area contributed by atoms with Crippen LogP contribution in [0.1, 0.15) is 31.4 Å². The summed E-state index contributed by atoms with van der Waals surface area (Å²) in [6, 6.07) is 8.01. The smallest absolute Gasteiger partial charge is 0.119 e. The number of ether oxygens (including phenoxy) is 1. The second kappa shape index (κ2) is 6.86. The molecule has 0 amide bonds. The Morgan fingerprint density at radius 1 is 1.36 bits per heavy atom. The molecular weight excluding hydrogens is 380 g/mol. The summed E-state index contributed by atoms with van der Waals surface area (Å²) in [6.45, 7) is 4.42. The summed E-state index contributed by atoms with van der Waals surface area (Å²) in [4.78, 5) is 7.46. The van der Waals surface area contributed by atoms with E-state index in [1.165, 1.54) is 6.42 Å². The third-order valence-electron chi connectivity index (χ3n) is 6.11. The average molecular weight is 405 g/mol. The van der Waals surface area contributed by atoms with Crippen molar-refractivity contribution in [1.29, 1.82) is 0 Å². The maximum absolute atomic E-state index is 11.2. The van der Waals surface area contributed by atoms with Gasteiger partial charge in [-0.2, -0.15) is 0 Å². The van der Waals surface area contributed by atoms with Crippen LogP contribution in [0.25, 0.3) is 10.9 Å². The van der Waals surface area contributed by atoms with E-state index >= 15 is 0 Å². The predicted octanol–water partition coefficient (Wildman–Crippen LogP) is 3.77. The van der Waals surface area contributed by atoms with Crippen molar-refractivity contribution in [2.75, 3.05) is 20.2 Å². The van der Waals surface area contributed by atoms with Gasteiger partial charge in [0.25, 0.3) is 0 Å². The highest BCUT2D eigenvalue weighted by molar-refractivity contribution is 9.09. The summed E-state index contributed by atoms with van der Waals surface area (Å²) < 4.78 is 5.37. The average Bonchev–Trinajstić information content (AvgIpc) is 2.66. The molecule has 5 heteroatoms. The zero-order valence-electron chi connectivity index (χ0n) is 14.7. The van der Waals surface area contributed by atoms with Gasteiger partial charge in [0, 0.05) is 29.0 Å². The fraction of sp³-hybridized carbons (Fsp3) is 0.550. The van der Waals surface area contributed by atoms with Crippen LogP contribution in [0.4, 0.5) is 0 Å². The Hall–Kier alpha value is -1.17. The van der Waals surface area contributed by atoms with E-state index < -0.39 is 6.10 Å². The molecule has 0 spiro atoms. The minimum atomic E-state index is -0.494. The predicted molar refractivity (Wildman–Crippen MR) is 103 cm³/mol. The number of benzene rings is 1. The maximum atomic E-state index is 11.2. The number of methoxy groups -OCH3 is 1. The van der Waals surface area contributed by atoms with Crippen molar-refractivity contribution >= 4 is 26.8 Å². The molecule has 0 aliphatic carbocycles. The summed E-state index contributed by atoms with van der Waals surface area (Å²) in [5.74, 6) is 2.18. The number of halogens is 1. The second-order valence-corrected chi connectivity index (χ2v) is 8.86. The minimum absolute atomic E-state index is 0.193. The Morgan fingerprint density at radius 3 is 2.88 bits per heavy atom. The van der Waals surface area contributed by atoms with Gasteiger partial charge in [-0.25, -0.2) is 0 Å². The molecule has 3 aliphatic rings. The van der Waals surface area contributed by atoms with Crippen LogP contribution in [0.15, 0.2) is 30.5 Å². The van der Waals surface area contributed by atoms with Crippen LogP contribution in [0.2, 0.25) is 0 Å². The van der Waals surface area contributed by atoms with Crippen molar-refractivity contribution in [1.82, 2.24) is 9.88 Å². The second-order valence-electron chi connectivity index (χ2n) is 7.42. The van der Waals surface area contributed by atoms with Crippen LogP contribution in [0, 0.1) is 11.8 Å². The quantitative estimate of drug-likeness (QED) is 0.787. The maximum Gasteiger partial charge on any atom is 0.119 e. The molecule has 1 aromatic carbocycles. The zero-order chi connectivity index (χ0) is 17.6. The molecule has 1 N–H and O–H groups in total. The fourth-order valence-electron chi connectivity index (χ4n) is 4.70. The number of aliphatic hydroxyl groups excluding tert-OH is 1. The Balaban J connectivity index is 1.66. The Bertz CT molecular complexity index is 766. The highest BCUT2D eigenvalue weighted by Gasteiger charge is 2.44. The summed E-state index contributed by atoms with van der Waals surface area (Å²) in [6.07, 6.45) is 3.62. The number of rotatable bonds is 4. The number of nitrogens with zero attached hydrogens (tertiary/aromatic N) is 2. The molecular formula is C20H25BrN2O2. The number of aromatic nitrogens is 1. The fourth-order valence-corrected chi connectivity index (χ4v) is 5.30. The molecule has 2 aromatic rings. The summed E-state index contributed by atoms with van der Waals surface area (Å²) in [5.41, 5.74) is 1.87. The van der Waals surface area contributed by atoms with E-state index in [9.17, 15) is 5.11 Å². The number of fused-ring (bicyclic) bond motifs is 4. The third kappa shape index (κ3) is 3.07. The number of pyridine rings is 1. The molecule has 25 heavy (non-hydrogen) atoms. The lowest BCUT2D eigenvalue weighted by Crippen LogP contribution is -2.56. The van der Waals surface area contributed by atoms with E-state index in [4.69, 9.17) is 4.74 Å². The van der Waals surface area contributed by atoms with E-state index in [0.717, 1.165) is 41.7 Å². The topological polar surface area (TPSA) is 45.6 Å². The highest BCUT2D eigenvalue weighted by atomic mass is 79.9. The van der Waals surface area contributed by atoms with E-state index in [1.807, 2.05) is 24.3 Å². The molecule has 0 saturated carbocycles. The van der Waals surface area contributed by atoms with Gasteiger partial charge in [-0.15, -0.1) is 0 Å². The van der Waals surface area contributed by atoms with E-state index in [0.29, 0.717) is 16.7 Å². The van der Waals surface area contributed by atoms with Crippen molar-refractivity contribution in [2.45, 2.75) is 36.7 Å². The van der Waals surface area contributed by atoms with E-state index in [2.05, 4.69) is 32.7 Å². The van der Waals surface area contributed by atoms with Gasteiger partial charge >= 0.3 is 0 Å². The summed E-state index contributed by atoms with van der Waals surface area (Å²) >= 11 is 3.78. The van der Waals surface area contributed by atoms with Crippen molar-refractivity contribution in [3.8, 4) is 5.75 Å². The van der Waals surface area contributed by atoms with Gasteiger partial charge in [0.2, 0.25) is 0 Å². The molecule has 6 atom stereocenters. The number of piperidine rings is 3. The minimum Gasteiger partial charge on any atom is -0.497 e. The van der Waals surface area contributed by atoms with Gasteiger partial charge in [0.15, 0.2) is 0 Å². The van der Waals surface area contributed by atoms with Gasteiger partial charge < -0.3 is 9.84 Å². The van der Waals surface area contributed by atoms with Crippen LogP contribution in [0.3, 0.4) is 0 Å². The molecule has 2 bridgehead atoms. The molecule has 1 aromatic heterocycles. The molecule has 4 heterocycles. The van der Waals surface area contributed by atoms with Gasteiger partial charge in [0.05, 0.1) is 18.7 Å². The van der Waals surface area contributed by atoms with Gasteiger partial charge in [-0.05, 0) is 61.1 Å². The molecule has 0 radical (unpaired) electrons. The lowest BCUT2D eigenvalue weighted by atomic mass is 9.72. The summed E-state index contributed by atoms with van der Waals surface area (Å²) in [7, 11) is 1.67. The molecule has 3 saturated heterocycles. The van der Waals surface area contributed by atoms with Crippen molar-refractivity contribution in [3.05, 3.63) is 36.0 Å². The Kier molecular flexibility index (Phi) is 4.73. The number of hydrogen-bond acceptors (Lipinski definition) is 4. The van der Waals surface area contributed by atoms with E-state index in [-0.39, 0.29) is 6.04 Å². The monoisotopic (exact) mass is 404 g/mol. The van der Waals surface area contributed by atoms with Crippen LogP contribution in [-0.2, 0) is 0 Å². The molecule has 5 rings (SSSR count). The first-order valence-corrected chi connectivity index (χ1v) is 9.99. The normalized spacial score (nSPS) is 31.0. The first kappa shape index (κ1) is 17.3. The number of hydrogen-bond donors (Lipinski definition) is 1. The van der Waals surface area contributed by atoms with Crippen LogP contribution in [-0.4, -0.2) is 46.1 Å². The van der Waals surface area contributed by atoms with Crippen LogP contribution in [0.5, 0.6) is 5.75 Å². The van der Waals surface area contributed by atoms with Crippen LogP contribution >= 0.6 is 15.9 Å². The first-order chi connectivity index (χ1) is 12.1. The Labute approximate surface area is 157 Å². The molecule has 5 unspecified atom stereocenters. The molecule has 3 aliphatic heterocycles. The largest absolute Gasteiger partial charge is 0.497 e. The standard InChI is InChI=1S/C20H25BrN2O2/c1-12(21)17-11-23-8-6-13(17)9-19(23)20(24)15-5-7-22-18-4-3-14(25-2)10-16(15)18/h3-5,7,10,12-13,17,19-20,24H,6,8-9,11H2,1-2H3/t12?,13?,17-,19?,20?/m1/s1. The van der Waals surface area contributed by atoms with Gasteiger partial charge in [-0.3, -0.25) is 9.88 Å². The van der Waals surface area contributed by atoms with E-state index in [1.54, 1.807) is 13.3 Å². The first-order valence-electron chi connectivity index (χ1n) is 9.07. The number of alkyl halides is 1.